The van der Waals surface area contributed by atoms with Crippen molar-refractivity contribution in [3.63, 3.8) is 0 Å². The molecule has 11 nitrogen and oxygen atoms in total. The fraction of sp³-hybridized carbons (Fsp3) is 0.222. The molecule has 0 bridgehead atoms. The van der Waals surface area contributed by atoms with Crippen molar-refractivity contribution < 1.29 is 14.6 Å². The average Bonchev–Trinajstić information content (AvgIpc) is 3.38. The van der Waals surface area contributed by atoms with E-state index in [0.717, 1.165) is 33.6 Å². The van der Waals surface area contributed by atoms with Crippen molar-refractivity contribution in [3.8, 4) is 11.5 Å². The first kappa shape index (κ1) is 23.5. The molecule has 2 aromatic carbocycles. The molecule has 0 radical (unpaired) electrons. The molecule has 1 atom stereocenters. The Bertz CT molecular complexity index is 1650. The maximum atomic E-state index is 11.4. The molecule has 11 heteroatoms. The number of rotatable bonds is 5. The molecule has 1 fully saturated rings. The van der Waals surface area contributed by atoms with Crippen LogP contribution in [0.5, 0.6) is 11.5 Å². The fourth-order valence-electron chi connectivity index (χ4n) is 4.78. The number of piperazine rings is 1. The van der Waals surface area contributed by atoms with Gasteiger partial charge in [0.05, 0.1) is 5.52 Å². The average molecular weight is 511 g/mol. The third-order valence-corrected chi connectivity index (χ3v) is 6.77. The summed E-state index contributed by atoms with van der Waals surface area (Å²) in [4.78, 5) is 28.3. The Morgan fingerprint density at radius 1 is 1.05 bits per heavy atom. The molecule has 6 rings (SSSR count). The Labute approximate surface area is 218 Å². The number of amides is 1. The Kier molecular flexibility index (Phi) is 5.87. The fourth-order valence-corrected chi connectivity index (χ4v) is 4.78. The lowest BCUT2D eigenvalue weighted by molar-refractivity contribution is 0.122. The minimum Gasteiger partial charge on any atom is -0.465 e. The zero-order valence-corrected chi connectivity index (χ0v) is 20.9. The molecule has 1 amide bonds. The zero-order chi connectivity index (χ0) is 26.2. The lowest BCUT2D eigenvalue weighted by Crippen LogP contribution is -2.53. The molecular formula is C27H26N8O3. The van der Waals surface area contributed by atoms with Gasteiger partial charge in [-0.3, -0.25) is 0 Å². The van der Waals surface area contributed by atoms with E-state index in [4.69, 9.17) is 4.74 Å². The normalized spacial score (nSPS) is 15.7. The number of aromatic nitrogens is 5. The van der Waals surface area contributed by atoms with Crippen molar-refractivity contribution in [3.05, 3.63) is 72.9 Å². The van der Waals surface area contributed by atoms with Crippen LogP contribution < -0.4 is 15.0 Å². The number of ether oxygens (including phenoxy) is 1. The SMILES string of the molecule is Cc1cc(Nc2ncnc3ccc(N4CCN(C(=O)O)[C@H](C)C4)cc23)ccc1Oc1ccn2ncnc2c1. The highest BCUT2D eigenvalue weighted by atomic mass is 16.5. The van der Waals surface area contributed by atoms with Gasteiger partial charge < -0.3 is 25.0 Å². The quantitative estimate of drug-likeness (QED) is 0.346. The maximum absolute atomic E-state index is 11.4. The number of carboxylic acid groups (broad SMARTS) is 1. The van der Waals surface area contributed by atoms with E-state index in [2.05, 4.69) is 36.3 Å². The van der Waals surface area contributed by atoms with Gasteiger partial charge >= 0.3 is 6.09 Å². The van der Waals surface area contributed by atoms with Crippen LogP contribution in [0.4, 0.5) is 22.0 Å². The molecule has 1 saturated heterocycles. The summed E-state index contributed by atoms with van der Waals surface area (Å²) in [5.41, 5.74) is 4.38. The van der Waals surface area contributed by atoms with Gasteiger partial charge in [-0.15, -0.1) is 0 Å². The van der Waals surface area contributed by atoms with E-state index < -0.39 is 6.09 Å². The lowest BCUT2D eigenvalue weighted by Gasteiger charge is -2.39. The molecule has 0 spiro atoms. The summed E-state index contributed by atoms with van der Waals surface area (Å²) in [5, 5.41) is 17.8. The number of carbonyl (C=O) groups is 1. The predicted octanol–water partition coefficient (Wildman–Crippen LogP) is 4.71. The Hall–Kier alpha value is -4.93. The molecular weight excluding hydrogens is 484 g/mol. The molecule has 1 aliphatic rings. The topological polar surface area (TPSA) is 121 Å². The minimum atomic E-state index is -0.876. The smallest absolute Gasteiger partial charge is 0.407 e. The largest absolute Gasteiger partial charge is 0.465 e. The Morgan fingerprint density at radius 3 is 2.76 bits per heavy atom. The van der Waals surface area contributed by atoms with Crippen LogP contribution in [0.3, 0.4) is 0 Å². The monoisotopic (exact) mass is 510 g/mol. The van der Waals surface area contributed by atoms with Crippen molar-refractivity contribution >= 4 is 39.8 Å². The summed E-state index contributed by atoms with van der Waals surface area (Å²) in [6.45, 7) is 5.64. The number of hydrogen-bond donors (Lipinski definition) is 2. The van der Waals surface area contributed by atoms with Crippen molar-refractivity contribution in [2.45, 2.75) is 19.9 Å². The summed E-state index contributed by atoms with van der Waals surface area (Å²) in [6, 6.07) is 15.5. The zero-order valence-electron chi connectivity index (χ0n) is 20.9. The molecule has 38 heavy (non-hydrogen) atoms. The molecule has 0 unspecified atom stereocenters. The van der Waals surface area contributed by atoms with Gasteiger partial charge in [0, 0.05) is 54.7 Å². The van der Waals surface area contributed by atoms with E-state index in [9.17, 15) is 9.90 Å². The number of benzene rings is 2. The first-order valence-corrected chi connectivity index (χ1v) is 12.3. The van der Waals surface area contributed by atoms with Gasteiger partial charge in [-0.05, 0) is 61.9 Å². The van der Waals surface area contributed by atoms with Crippen LogP contribution in [0.1, 0.15) is 12.5 Å². The van der Waals surface area contributed by atoms with Crippen LogP contribution in [0.2, 0.25) is 0 Å². The van der Waals surface area contributed by atoms with E-state index in [-0.39, 0.29) is 6.04 Å². The van der Waals surface area contributed by atoms with Crippen molar-refractivity contribution in [1.29, 1.82) is 0 Å². The molecule has 1 aliphatic heterocycles. The maximum Gasteiger partial charge on any atom is 0.407 e. The van der Waals surface area contributed by atoms with Gasteiger partial charge in [0.2, 0.25) is 0 Å². The van der Waals surface area contributed by atoms with E-state index in [1.165, 1.54) is 11.2 Å². The van der Waals surface area contributed by atoms with Gasteiger partial charge in [-0.1, -0.05) is 0 Å². The van der Waals surface area contributed by atoms with Gasteiger partial charge in [0.1, 0.15) is 30.0 Å². The predicted molar refractivity (Wildman–Crippen MR) is 143 cm³/mol. The van der Waals surface area contributed by atoms with Crippen LogP contribution in [0.15, 0.2) is 67.4 Å². The van der Waals surface area contributed by atoms with E-state index in [1.54, 1.807) is 10.8 Å². The molecule has 0 aliphatic carbocycles. The van der Waals surface area contributed by atoms with Crippen LogP contribution in [0.25, 0.3) is 16.6 Å². The number of nitrogens with zero attached hydrogens (tertiary/aromatic N) is 7. The summed E-state index contributed by atoms with van der Waals surface area (Å²) in [7, 11) is 0. The van der Waals surface area contributed by atoms with Crippen LogP contribution in [-0.2, 0) is 0 Å². The molecule has 0 saturated carbocycles. The van der Waals surface area contributed by atoms with E-state index >= 15 is 0 Å². The number of aryl methyl sites for hydroxylation is 1. The third-order valence-electron chi connectivity index (χ3n) is 6.77. The Morgan fingerprint density at radius 2 is 1.95 bits per heavy atom. The molecule has 192 valence electrons. The molecule has 4 heterocycles. The lowest BCUT2D eigenvalue weighted by atomic mass is 10.1. The highest BCUT2D eigenvalue weighted by Gasteiger charge is 2.27. The first-order chi connectivity index (χ1) is 18.4. The molecule has 3 aromatic heterocycles. The summed E-state index contributed by atoms with van der Waals surface area (Å²) in [5.74, 6) is 2.12. The van der Waals surface area contributed by atoms with Crippen molar-refractivity contribution in [2.75, 3.05) is 29.9 Å². The molecule has 2 N–H and O–H groups in total. The standard InChI is InChI=1S/C27H26N8O3/c1-17-11-19(3-6-24(17)38-21-7-8-35-25(13-21)29-16-31-35)32-26-22-12-20(4-5-23(22)28-15-30-26)33-9-10-34(27(36)37)18(2)14-33/h3-8,11-13,15-16,18H,9-10,14H2,1-2H3,(H,36,37)(H,28,30,32)/t18-/m1/s1. The highest BCUT2D eigenvalue weighted by Crippen LogP contribution is 2.32. The van der Waals surface area contributed by atoms with Gasteiger partial charge in [-0.25, -0.2) is 24.3 Å². The highest BCUT2D eigenvalue weighted by molar-refractivity contribution is 5.93. The number of hydrogen-bond acceptors (Lipinski definition) is 8. The van der Waals surface area contributed by atoms with E-state index in [0.29, 0.717) is 36.8 Å². The van der Waals surface area contributed by atoms with Gasteiger partial charge in [-0.2, -0.15) is 5.10 Å². The summed E-state index contributed by atoms with van der Waals surface area (Å²) < 4.78 is 7.78. The second-order valence-corrected chi connectivity index (χ2v) is 9.33. The number of fused-ring (bicyclic) bond motifs is 2. The van der Waals surface area contributed by atoms with E-state index in [1.807, 2.05) is 62.5 Å². The second-order valence-electron chi connectivity index (χ2n) is 9.33. The van der Waals surface area contributed by atoms with Crippen LogP contribution >= 0.6 is 0 Å². The first-order valence-electron chi connectivity index (χ1n) is 12.3. The molecule has 5 aromatic rings. The van der Waals surface area contributed by atoms with Gasteiger partial charge in [0.25, 0.3) is 0 Å². The summed E-state index contributed by atoms with van der Waals surface area (Å²) in [6.07, 6.45) is 3.98. The Balaban J connectivity index is 1.23. The van der Waals surface area contributed by atoms with Crippen LogP contribution in [0, 0.1) is 6.92 Å². The van der Waals surface area contributed by atoms with Crippen LogP contribution in [-0.4, -0.2) is 66.3 Å². The minimum absolute atomic E-state index is 0.0939. The second kappa shape index (κ2) is 9.51. The van der Waals surface area contributed by atoms with Gasteiger partial charge in [0.15, 0.2) is 5.65 Å². The van der Waals surface area contributed by atoms with Crippen molar-refractivity contribution in [1.82, 2.24) is 29.5 Å². The number of nitrogens with one attached hydrogen (secondary N) is 1. The third kappa shape index (κ3) is 4.49. The number of anilines is 3. The number of pyridine rings is 1. The van der Waals surface area contributed by atoms with Crippen molar-refractivity contribution in [2.24, 2.45) is 0 Å². The summed E-state index contributed by atoms with van der Waals surface area (Å²) >= 11 is 0.